The van der Waals surface area contributed by atoms with E-state index < -0.39 is 17.5 Å². The lowest BCUT2D eigenvalue weighted by molar-refractivity contribution is -0.140. The summed E-state index contributed by atoms with van der Waals surface area (Å²) < 4.78 is 0. The Labute approximate surface area is 104 Å². The summed E-state index contributed by atoms with van der Waals surface area (Å²) in [7, 11) is 0. The Balaban J connectivity index is 2.66. The van der Waals surface area contributed by atoms with Gasteiger partial charge in [0.05, 0.1) is 0 Å². The molecule has 2 N–H and O–H groups in total. The van der Waals surface area contributed by atoms with E-state index in [1.54, 1.807) is 12.2 Å². The van der Waals surface area contributed by atoms with Crippen LogP contribution < -0.4 is 0 Å². The monoisotopic (exact) mass is 244 g/mol. The first-order valence-corrected chi connectivity index (χ1v) is 5.18. The Kier molecular flexibility index (Phi) is 5.12. The SMILES string of the molecule is O=C(O)C(=C/C=C\C=C/c1ccccc1)C(=O)O. The molecule has 0 saturated heterocycles. The van der Waals surface area contributed by atoms with E-state index in [1.165, 1.54) is 6.08 Å². The molecule has 0 bridgehead atoms. The molecule has 18 heavy (non-hydrogen) atoms. The molecule has 0 amide bonds. The van der Waals surface area contributed by atoms with Crippen molar-refractivity contribution in [2.24, 2.45) is 0 Å². The van der Waals surface area contributed by atoms with Crippen molar-refractivity contribution in [1.29, 1.82) is 0 Å². The summed E-state index contributed by atoms with van der Waals surface area (Å²) in [4.78, 5) is 21.1. The van der Waals surface area contributed by atoms with E-state index in [1.807, 2.05) is 36.4 Å². The van der Waals surface area contributed by atoms with Gasteiger partial charge in [-0.2, -0.15) is 0 Å². The first-order valence-electron chi connectivity index (χ1n) is 5.18. The largest absolute Gasteiger partial charge is 0.477 e. The van der Waals surface area contributed by atoms with Crippen molar-refractivity contribution < 1.29 is 19.8 Å². The van der Waals surface area contributed by atoms with Crippen LogP contribution in [0.25, 0.3) is 6.08 Å². The van der Waals surface area contributed by atoms with E-state index in [2.05, 4.69) is 0 Å². The molecule has 0 aromatic heterocycles. The summed E-state index contributed by atoms with van der Waals surface area (Å²) in [6, 6.07) is 9.54. The lowest BCUT2D eigenvalue weighted by atomic mass is 10.2. The number of hydrogen-bond donors (Lipinski definition) is 2. The van der Waals surface area contributed by atoms with Crippen LogP contribution in [0.5, 0.6) is 0 Å². The van der Waals surface area contributed by atoms with Crippen LogP contribution in [-0.4, -0.2) is 22.2 Å². The molecule has 0 heterocycles. The molecule has 4 heteroatoms. The Morgan fingerprint density at radius 2 is 1.50 bits per heavy atom. The highest BCUT2D eigenvalue weighted by atomic mass is 16.4. The minimum absolute atomic E-state index is 0.667. The second kappa shape index (κ2) is 6.85. The van der Waals surface area contributed by atoms with Crippen LogP contribution >= 0.6 is 0 Å². The van der Waals surface area contributed by atoms with Gasteiger partial charge in [-0.05, 0) is 11.6 Å². The zero-order valence-corrected chi connectivity index (χ0v) is 9.48. The van der Waals surface area contributed by atoms with Gasteiger partial charge in [-0.3, -0.25) is 0 Å². The van der Waals surface area contributed by atoms with E-state index in [4.69, 9.17) is 10.2 Å². The predicted molar refractivity (Wildman–Crippen MR) is 68.0 cm³/mol. The Morgan fingerprint density at radius 3 is 2.06 bits per heavy atom. The molecule has 1 aromatic rings. The molecule has 0 aliphatic carbocycles. The quantitative estimate of drug-likeness (QED) is 0.361. The van der Waals surface area contributed by atoms with Crippen molar-refractivity contribution in [2.45, 2.75) is 0 Å². The van der Waals surface area contributed by atoms with E-state index in [-0.39, 0.29) is 0 Å². The molecule has 0 radical (unpaired) electrons. The van der Waals surface area contributed by atoms with Crippen molar-refractivity contribution >= 4 is 18.0 Å². The van der Waals surface area contributed by atoms with Crippen LogP contribution in [0, 0.1) is 0 Å². The molecule has 0 spiro atoms. The number of carboxylic acids is 2. The van der Waals surface area contributed by atoms with E-state index in [0.717, 1.165) is 11.6 Å². The smallest absolute Gasteiger partial charge is 0.343 e. The highest BCUT2D eigenvalue weighted by Crippen LogP contribution is 2.01. The average molecular weight is 244 g/mol. The second-order valence-electron chi connectivity index (χ2n) is 3.35. The van der Waals surface area contributed by atoms with Crippen LogP contribution in [0.15, 0.2) is 60.2 Å². The summed E-state index contributed by atoms with van der Waals surface area (Å²) in [5.74, 6) is -2.92. The number of rotatable bonds is 5. The number of carboxylic acid groups (broad SMARTS) is 2. The molecule has 92 valence electrons. The molecular formula is C14H12O4. The summed E-state index contributed by atoms with van der Waals surface area (Å²) in [6.07, 6.45) is 7.51. The highest BCUT2D eigenvalue weighted by Gasteiger charge is 2.13. The average Bonchev–Trinajstić information content (AvgIpc) is 2.34. The molecule has 0 unspecified atom stereocenters. The van der Waals surface area contributed by atoms with Crippen molar-refractivity contribution in [3.8, 4) is 0 Å². The molecule has 4 nitrogen and oxygen atoms in total. The fourth-order valence-corrected chi connectivity index (χ4v) is 1.18. The van der Waals surface area contributed by atoms with Crippen molar-refractivity contribution in [2.75, 3.05) is 0 Å². The number of benzene rings is 1. The third-order valence-corrected chi connectivity index (χ3v) is 2.03. The molecular weight excluding hydrogens is 232 g/mol. The van der Waals surface area contributed by atoms with Gasteiger partial charge in [-0.1, -0.05) is 54.6 Å². The first-order chi connectivity index (χ1) is 8.61. The number of hydrogen-bond acceptors (Lipinski definition) is 2. The molecule has 0 atom stereocenters. The third kappa shape index (κ3) is 4.49. The minimum Gasteiger partial charge on any atom is -0.477 e. The maximum absolute atomic E-state index is 10.5. The molecule has 1 rings (SSSR count). The van der Waals surface area contributed by atoms with Gasteiger partial charge in [-0.25, -0.2) is 9.59 Å². The van der Waals surface area contributed by atoms with Crippen molar-refractivity contribution in [3.63, 3.8) is 0 Å². The van der Waals surface area contributed by atoms with Gasteiger partial charge in [0.25, 0.3) is 0 Å². The van der Waals surface area contributed by atoms with E-state index in [0.29, 0.717) is 0 Å². The zero-order chi connectivity index (χ0) is 13.4. The van der Waals surface area contributed by atoms with Gasteiger partial charge in [0.15, 0.2) is 0 Å². The van der Waals surface area contributed by atoms with Gasteiger partial charge in [0.2, 0.25) is 0 Å². The Bertz CT molecular complexity index is 494. The minimum atomic E-state index is -1.46. The molecule has 1 aromatic carbocycles. The second-order valence-corrected chi connectivity index (χ2v) is 3.35. The summed E-state index contributed by atoms with van der Waals surface area (Å²) in [5, 5.41) is 17.2. The number of aliphatic carboxylic acids is 2. The van der Waals surface area contributed by atoms with E-state index >= 15 is 0 Å². The van der Waals surface area contributed by atoms with Crippen LogP contribution in [-0.2, 0) is 9.59 Å². The third-order valence-electron chi connectivity index (χ3n) is 2.03. The summed E-state index contributed by atoms with van der Waals surface area (Å²) in [6.45, 7) is 0. The maximum Gasteiger partial charge on any atom is 0.343 e. The molecule has 0 saturated carbocycles. The van der Waals surface area contributed by atoms with Crippen LogP contribution in [0.4, 0.5) is 0 Å². The van der Waals surface area contributed by atoms with Gasteiger partial charge in [0.1, 0.15) is 5.57 Å². The fourth-order valence-electron chi connectivity index (χ4n) is 1.18. The highest BCUT2D eigenvalue weighted by molar-refractivity contribution is 6.12. The first kappa shape index (κ1) is 13.4. The van der Waals surface area contributed by atoms with Crippen LogP contribution in [0.3, 0.4) is 0 Å². The summed E-state index contributed by atoms with van der Waals surface area (Å²) in [5.41, 5.74) is 0.335. The zero-order valence-electron chi connectivity index (χ0n) is 9.48. The predicted octanol–water partition coefficient (Wildman–Crippen LogP) is 2.35. The van der Waals surface area contributed by atoms with Crippen molar-refractivity contribution in [3.05, 3.63) is 65.8 Å². The lowest BCUT2D eigenvalue weighted by Crippen LogP contribution is -2.10. The molecule has 0 aliphatic rings. The van der Waals surface area contributed by atoms with Gasteiger partial charge >= 0.3 is 11.9 Å². The maximum atomic E-state index is 10.5. The topological polar surface area (TPSA) is 74.6 Å². The molecule has 0 aliphatic heterocycles. The number of allylic oxidation sites excluding steroid dienone is 4. The van der Waals surface area contributed by atoms with E-state index in [9.17, 15) is 9.59 Å². The van der Waals surface area contributed by atoms with Crippen molar-refractivity contribution in [1.82, 2.24) is 0 Å². The lowest BCUT2D eigenvalue weighted by Gasteiger charge is -1.91. The van der Waals surface area contributed by atoms with Gasteiger partial charge in [0, 0.05) is 0 Å². The van der Waals surface area contributed by atoms with Gasteiger partial charge in [-0.15, -0.1) is 0 Å². The normalized spacial score (nSPS) is 10.7. The summed E-state index contributed by atoms with van der Waals surface area (Å²) >= 11 is 0. The number of carbonyl (C=O) groups is 2. The van der Waals surface area contributed by atoms with Crippen LogP contribution in [0.2, 0.25) is 0 Å². The molecule has 0 fully saturated rings. The Hall–Kier alpha value is -2.62. The Morgan fingerprint density at radius 1 is 0.889 bits per heavy atom. The van der Waals surface area contributed by atoms with Crippen LogP contribution in [0.1, 0.15) is 5.56 Å². The standard InChI is InChI=1S/C14H12O4/c15-13(16)12(14(17)18)10-6-2-5-9-11-7-3-1-4-8-11/h1-10H,(H,15,16)(H,17,18)/b6-2-,9-5-. The fraction of sp³-hybridized carbons (Fsp3) is 0. The van der Waals surface area contributed by atoms with Gasteiger partial charge < -0.3 is 10.2 Å².